The van der Waals surface area contributed by atoms with E-state index in [-0.39, 0.29) is 11.6 Å². The fourth-order valence-electron chi connectivity index (χ4n) is 3.83. The molecule has 2 aliphatic rings. The summed E-state index contributed by atoms with van der Waals surface area (Å²) in [7, 11) is 0. The summed E-state index contributed by atoms with van der Waals surface area (Å²) in [5, 5.41) is 15.1. The molecule has 0 spiro atoms. The van der Waals surface area contributed by atoms with Crippen molar-refractivity contribution in [1.29, 1.82) is 0 Å². The zero-order valence-electron chi connectivity index (χ0n) is 13.2. The number of non-ortho nitro benzene ring substituents is 1. The Balaban J connectivity index is 1.55. The second-order valence-corrected chi connectivity index (χ2v) is 7.72. The molecule has 7 heteroatoms. The summed E-state index contributed by atoms with van der Waals surface area (Å²) >= 11 is 1.42. The van der Waals surface area contributed by atoms with Crippen LogP contribution in [0.25, 0.3) is 10.1 Å². The quantitative estimate of drug-likeness (QED) is 0.671. The molecule has 0 bridgehead atoms. The van der Waals surface area contributed by atoms with Crippen LogP contribution in [-0.2, 0) is 0 Å². The van der Waals surface area contributed by atoms with Crippen LogP contribution in [0.5, 0.6) is 0 Å². The lowest BCUT2D eigenvalue weighted by atomic mass is 9.92. The van der Waals surface area contributed by atoms with Crippen molar-refractivity contribution in [3.63, 3.8) is 0 Å². The molecular formula is C17H19N3O3S. The van der Waals surface area contributed by atoms with Crippen molar-refractivity contribution in [2.45, 2.75) is 12.8 Å². The number of fused-ring (bicyclic) bond motifs is 2. The Morgan fingerprint density at radius 2 is 1.92 bits per heavy atom. The number of thiophene rings is 1. The van der Waals surface area contributed by atoms with Crippen molar-refractivity contribution in [2.24, 2.45) is 11.8 Å². The fourth-order valence-corrected chi connectivity index (χ4v) is 4.84. The average molecular weight is 345 g/mol. The van der Waals surface area contributed by atoms with Gasteiger partial charge in [0.25, 0.3) is 11.6 Å². The van der Waals surface area contributed by atoms with Crippen molar-refractivity contribution < 1.29 is 9.72 Å². The first-order chi connectivity index (χ1) is 11.6. The number of rotatable bonds is 2. The predicted octanol–water partition coefficient (Wildman–Crippen LogP) is 2.88. The third kappa shape index (κ3) is 2.78. The van der Waals surface area contributed by atoms with Crippen LogP contribution in [0.4, 0.5) is 5.69 Å². The van der Waals surface area contributed by atoms with Crippen LogP contribution in [0.15, 0.2) is 24.3 Å². The van der Waals surface area contributed by atoms with E-state index in [1.54, 1.807) is 18.2 Å². The summed E-state index contributed by atoms with van der Waals surface area (Å²) in [6.07, 6.45) is 2.11. The molecule has 24 heavy (non-hydrogen) atoms. The van der Waals surface area contributed by atoms with Gasteiger partial charge in [0, 0.05) is 35.3 Å². The van der Waals surface area contributed by atoms with E-state index in [9.17, 15) is 14.9 Å². The van der Waals surface area contributed by atoms with Gasteiger partial charge in [-0.2, -0.15) is 0 Å². The van der Waals surface area contributed by atoms with Gasteiger partial charge in [-0.3, -0.25) is 14.9 Å². The van der Waals surface area contributed by atoms with Gasteiger partial charge in [-0.15, -0.1) is 11.3 Å². The number of carbonyl (C=O) groups excluding carboxylic acids is 1. The number of benzene rings is 1. The Hall–Kier alpha value is -1.99. The minimum Gasteiger partial charge on any atom is -0.338 e. The second-order valence-electron chi connectivity index (χ2n) is 6.64. The second kappa shape index (κ2) is 6.14. The first-order valence-electron chi connectivity index (χ1n) is 8.30. The molecule has 0 radical (unpaired) electrons. The monoisotopic (exact) mass is 345 g/mol. The Kier molecular flexibility index (Phi) is 3.97. The van der Waals surface area contributed by atoms with Crippen LogP contribution in [0.1, 0.15) is 22.5 Å². The number of nitrogens with zero attached hydrogens (tertiary/aromatic N) is 2. The molecule has 2 aromatic rings. The summed E-state index contributed by atoms with van der Waals surface area (Å²) in [5.41, 5.74) is 0.0643. The smallest absolute Gasteiger partial charge is 0.270 e. The van der Waals surface area contributed by atoms with Crippen LogP contribution in [0.2, 0.25) is 0 Å². The number of nitro benzene ring substituents is 1. The number of likely N-dealkylation sites (tertiary alicyclic amines) is 1. The van der Waals surface area contributed by atoms with Crippen LogP contribution >= 0.6 is 11.3 Å². The lowest BCUT2D eigenvalue weighted by Crippen LogP contribution is -2.32. The van der Waals surface area contributed by atoms with Crippen molar-refractivity contribution in [3.05, 3.63) is 39.3 Å². The summed E-state index contributed by atoms with van der Waals surface area (Å²) in [5.74, 6) is 1.44. The minimum absolute atomic E-state index is 0.0618. The molecule has 2 aliphatic heterocycles. The highest BCUT2D eigenvalue weighted by Crippen LogP contribution is 2.32. The van der Waals surface area contributed by atoms with Crippen LogP contribution in [0, 0.1) is 22.0 Å². The normalized spacial score (nSPS) is 23.9. The number of hydrogen-bond acceptors (Lipinski definition) is 5. The van der Waals surface area contributed by atoms with Gasteiger partial charge >= 0.3 is 0 Å². The standard InChI is InChI=1S/C17H19N3O3S/c21-17(19-5-3-11-9-18-10-12(11)4-6-19)16-8-13-7-14(20(22)23)1-2-15(13)24-16/h1-2,7-8,11-12,18H,3-6,9-10H2/t11-,12+. The molecule has 0 unspecified atom stereocenters. The topological polar surface area (TPSA) is 75.5 Å². The molecular weight excluding hydrogens is 326 g/mol. The van der Waals surface area contributed by atoms with E-state index in [2.05, 4.69) is 5.32 Å². The van der Waals surface area contributed by atoms with Crippen LogP contribution in [-0.4, -0.2) is 41.9 Å². The summed E-state index contributed by atoms with van der Waals surface area (Å²) in [4.78, 5) is 26.0. The zero-order chi connectivity index (χ0) is 16.7. The van der Waals surface area contributed by atoms with Gasteiger partial charge in [-0.25, -0.2) is 0 Å². The molecule has 0 saturated carbocycles. The van der Waals surface area contributed by atoms with Gasteiger partial charge in [0.2, 0.25) is 0 Å². The highest BCUT2D eigenvalue weighted by atomic mass is 32.1. The molecule has 1 N–H and O–H groups in total. The Labute approximate surface area is 143 Å². The SMILES string of the molecule is O=C(c1cc2cc([N+](=O)[O-])ccc2s1)N1CC[C@@H]2CNC[C@@H]2CC1. The predicted molar refractivity (Wildman–Crippen MR) is 93.5 cm³/mol. The molecule has 126 valence electrons. The molecule has 1 amide bonds. The van der Waals surface area contributed by atoms with Gasteiger partial charge in [0.05, 0.1) is 9.80 Å². The Morgan fingerprint density at radius 3 is 2.58 bits per heavy atom. The zero-order valence-corrected chi connectivity index (χ0v) is 14.1. The van der Waals surface area contributed by atoms with Crippen molar-refractivity contribution in [3.8, 4) is 0 Å². The molecule has 0 aliphatic carbocycles. The first kappa shape index (κ1) is 15.5. The maximum atomic E-state index is 12.8. The number of nitrogens with one attached hydrogen (secondary N) is 1. The number of hydrogen-bond donors (Lipinski definition) is 1. The Bertz CT molecular complexity index is 789. The maximum Gasteiger partial charge on any atom is 0.270 e. The molecule has 4 rings (SSSR count). The first-order valence-corrected chi connectivity index (χ1v) is 9.11. The van der Waals surface area contributed by atoms with Gasteiger partial charge in [-0.05, 0) is 49.9 Å². The number of carbonyl (C=O) groups is 1. The summed E-state index contributed by atoms with van der Waals surface area (Å²) in [6, 6.07) is 6.56. The van der Waals surface area contributed by atoms with Gasteiger partial charge in [0.15, 0.2) is 0 Å². The highest BCUT2D eigenvalue weighted by Gasteiger charge is 2.32. The van der Waals surface area contributed by atoms with Crippen LogP contribution < -0.4 is 5.32 Å². The van der Waals surface area contributed by atoms with E-state index in [1.165, 1.54) is 17.4 Å². The van der Waals surface area contributed by atoms with E-state index < -0.39 is 4.92 Å². The lowest BCUT2D eigenvalue weighted by Gasteiger charge is -2.20. The van der Waals surface area contributed by atoms with E-state index >= 15 is 0 Å². The number of amides is 1. The van der Waals surface area contributed by atoms with E-state index in [0.717, 1.165) is 49.1 Å². The molecule has 3 heterocycles. The molecule has 1 aromatic carbocycles. The van der Waals surface area contributed by atoms with Gasteiger partial charge in [-0.1, -0.05) is 0 Å². The van der Waals surface area contributed by atoms with Gasteiger partial charge < -0.3 is 10.2 Å². The summed E-state index contributed by atoms with van der Waals surface area (Å²) in [6.45, 7) is 3.74. The van der Waals surface area contributed by atoms with E-state index in [0.29, 0.717) is 16.7 Å². The molecule has 6 nitrogen and oxygen atoms in total. The molecule has 2 atom stereocenters. The minimum atomic E-state index is -0.403. The molecule has 2 fully saturated rings. The highest BCUT2D eigenvalue weighted by molar-refractivity contribution is 7.20. The average Bonchev–Trinajstić information content (AvgIpc) is 3.15. The maximum absolute atomic E-state index is 12.8. The molecule has 2 saturated heterocycles. The van der Waals surface area contributed by atoms with E-state index in [1.807, 2.05) is 4.90 Å². The Morgan fingerprint density at radius 1 is 1.21 bits per heavy atom. The lowest BCUT2D eigenvalue weighted by molar-refractivity contribution is -0.384. The molecule has 1 aromatic heterocycles. The fraction of sp³-hybridized carbons (Fsp3) is 0.471. The number of nitro groups is 1. The third-order valence-corrected chi connectivity index (χ3v) is 6.33. The van der Waals surface area contributed by atoms with Crippen molar-refractivity contribution in [1.82, 2.24) is 10.2 Å². The largest absolute Gasteiger partial charge is 0.338 e. The van der Waals surface area contributed by atoms with Crippen LogP contribution in [0.3, 0.4) is 0 Å². The van der Waals surface area contributed by atoms with Gasteiger partial charge in [0.1, 0.15) is 0 Å². The summed E-state index contributed by atoms with van der Waals surface area (Å²) < 4.78 is 0.917. The van der Waals surface area contributed by atoms with Crippen molar-refractivity contribution in [2.75, 3.05) is 26.2 Å². The van der Waals surface area contributed by atoms with Crippen molar-refractivity contribution >= 4 is 33.0 Å². The van der Waals surface area contributed by atoms with E-state index in [4.69, 9.17) is 0 Å². The third-order valence-electron chi connectivity index (χ3n) is 5.23.